The SMILES string of the molecule is CCO[Si](CC[Si](C)(C)C)(OCC)c1ccccc1. The Kier molecular flexibility index (Phi) is 6.46. The van der Waals surface area contributed by atoms with E-state index in [-0.39, 0.29) is 0 Å². The van der Waals surface area contributed by atoms with Crippen LogP contribution < -0.4 is 5.19 Å². The normalized spacial score (nSPS) is 12.7. The summed E-state index contributed by atoms with van der Waals surface area (Å²) in [5, 5.41) is 1.27. The highest BCUT2D eigenvalue weighted by Gasteiger charge is 2.40. The highest BCUT2D eigenvalue weighted by molar-refractivity contribution is 6.84. The Bertz CT molecular complexity index is 354. The van der Waals surface area contributed by atoms with Gasteiger partial charge in [0.25, 0.3) is 0 Å². The molecule has 4 heteroatoms. The molecule has 0 unspecified atom stereocenters. The van der Waals surface area contributed by atoms with Gasteiger partial charge < -0.3 is 8.85 Å². The van der Waals surface area contributed by atoms with Gasteiger partial charge in [-0.25, -0.2) is 0 Å². The second-order valence-corrected chi connectivity index (χ2v) is 14.8. The standard InChI is InChI=1S/C15H28O2Si2/c1-6-16-19(17-7-2,14-13-18(3,4)5)15-11-9-8-10-12-15/h8-12H,6-7,13-14H2,1-5H3. The van der Waals surface area contributed by atoms with Crippen LogP contribution >= 0.6 is 0 Å². The van der Waals surface area contributed by atoms with Crippen molar-refractivity contribution in [1.82, 2.24) is 0 Å². The second kappa shape index (κ2) is 7.38. The Labute approximate surface area is 120 Å². The number of rotatable bonds is 8. The molecular formula is C15H28O2Si2. The summed E-state index contributed by atoms with van der Waals surface area (Å²) in [5.74, 6) is 0. The lowest BCUT2D eigenvalue weighted by atomic mass is 10.4. The van der Waals surface area contributed by atoms with Gasteiger partial charge in [-0.3, -0.25) is 0 Å². The fraction of sp³-hybridized carbons (Fsp3) is 0.600. The minimum atomic E-state index is -2.25. The van der Waals surface area contributed by atoms with Crippen molar-refractivity contribution in [1.29, 1.82) is 0 Å². The molecule has 0 heterocycles. The van der Waals surface area contributed by atoms with E-state index in [0.29, 0.717) is 0 Å². The predicted molar refractivity (Wildman–Crippen MR) is 88.0 cm³/mol. The van der Waals surface area contributed by atoms with E-state index in [4.69, 9.17) is 8.85 Å². The van der Waals surface area contributed by atoms with Crippen LogP contribution in [0.5, 0.6) is 0 Å². The molecule has 2 nitrogen and oxygen atoms in total. The van der Waals surface area contributed by atoms with Gasteiger partial charge >= 0.3 is 8.56 Å². The molecule has 0 atom stereocenters. The van der Waals surface area contributed by atoms with Crippen LogP contribution in [0.1, 0.15) is 13.8 Å². The van der Waals surface area contributed by atoms with E-state index >= 15 is 0 Å². The molecule has 0 bridgehead atoms. The molecule has 0 fully saturated rings. The molecule has 0 aromatic heterocycles. The zero-order chi connectivity index (χ0) is 14.4. The Morgan fingerprint density at radius 3 is 1.79 bits per heavy atom. The first-order valence-electron chi connectivity index (χ1n) is 7.27. The highest BCUT2D eigenvalue weighted by atomic mass is 28.4. The summed E-state index contributed by atoms with van der Waals surface area (Å²) in [6.45, 7) is 12.8. The molecule has 0 radical (unpaired) electrons. The molecule has 1 rings (SSSR count). The molecule has 0 saturated carbocycles. The quantitative estimate of drug-likeness (QED) is 0.680. The summed E-state index contributed by atoms with van der Waals surface area (Å²) in [6, 6.07) is 12.9. The zero-order valence-electron chi connectivity index (χ0n) is 13.0. The van der Waals surface area contributed by atoms with Gasteiger partial charge in [-0.15, -0.1) is 0 Å². The van der Waals surface area contributed by atoms with E-state index in [9.17, 15) is 0 Å². The monoisotopic (exact) mass is 296 g/mol. The van der Waals surface area contributed by atoms with Crippen molar-refractivity contribution in [3.8, 4) is 0 Å². The van der Waals surface area contributed by atoms with Crippen LogP contribution in [0.25, 0.3) is 0 Å². The first-order chi connectivity index (χ1) is 8.93. The van der Waals surface area contributed by atoms with Gasteiger partial charge in [0.15, 0.2) is 0 Å². The lowest BCUT2D eigenvalue weighted by Crippen LogP contribution is -2.54. The molecule has 0 N–H and O–H groups in total. The Morgan fingerprint density at radius 2 is 1.37 bits per heavy atom. The molecule has 0 aliphatic carbocycles. The predicted octanol–water partition coefficient (Wildman–Crippen LogP) is 3.75. The van der Waals surface area contributed by atoms with Crippen LogP contribution in [-0.2, 0) is 8.85 Å². The van der Waals surface area contributed by atoms with Crippen LogP contribution in [0, 0.1) is 0 Å². The van der Waals surface area contributed by atoms with E-state index in [1.807, 2.05) is 0 Å². The summed E-state index contributed by atoms with van der Waals surface area (Å²) in [4.78, 5) is 0. The molecule has 0 aliphatic rings. The lowest BCUT2D eigenvalue weighted by molar-refractivity contribution is 0.197. The van der Waals surface area contributed by atoms with Gasteiger partial charge in [-0.1, -0.05) is 56.0 Å². The number of hydrogen-bond donors (Lipinski definition) is 0. The van der Waals surface area contributed by atoms with Crippen molar-refractivity contribution in [3.63, 3.8) is 0 Å². The average molecular weight is 297 g/mol. The van der Waals surface area contributed by atoms with Crippen LogP contribution in [-0.4, -0.2) is 29.8 Å². The molecule has 19 heavy (non-hydrogen) atoms. The van der Waals surface area contributed by atoms with Gasteiger partial charge in [0, 0.05) is 21.3 Å². The minimum absolute atomic E-state index is 0.729. The van der Waals surface area contributed by atoms with Gasteiger partial charge in [0.2, 0.25) is 0 Å². The molecule has 1 aromatic carbocycles. The minimum Gasteiger partial charge on any atom is -0.391 e. The molecule has 0 amide bonds. The maximum Gasteiger partial charge on any atom is 0.372 e. The van der Waals surface area contributed by atoms with Gasteiger partial charge in [0.05, 0.1) is 0 Å². The van der Waals surface area contributed by atoms with Crippen molar-refractivity contribution >= 4 is 21.8 Å². The third-order valence-corrected chi connectivity index (χ3v) is 9.05. The molecule has 0 spiro atoms. The van der Waals surface area contributed by atoms with E-state index in [1.165, 1.54) is 11.2 Å². The molecule has 0 saturated heterocycles. The van der Waals surface area contributed by atoms with Crippen molar-refractivity contribution in [3.05, 3.63) is 30.3 Å². The van der Waals surface area contributed by atoms with Crippen molar-refractivity contribution in [2.45, 2.75) is 45.6 Å². The first-order valence-corrected chi connectivity index (χ1v) is 13.0. The maximum atomic E-state index is 6.19. The summed E-state index contributed by atoms with van der Waals surface area (Å²) in [5.41, 5.74) is 0. The number of hydrogen-bond acceptors (Lipinski definition) is 2. The largest absolute Gasteiger partial charge is 0.391 e. The van der Waals surface area contributed by atoms with Crippen molar-refractivity contribution in [2.24, 2.45) is 0 Å². The summed E-state index contributed by atoms with van der Waals surface area (Å²) < 4.78 is 12.4. The van der Waals surface area contributed by atoms with E-state index in [0.717, 1.165) is 19.3 Å². The van der Waals surface area contributed by atoms with Crippen LogP contribution in [0.3, 0.4) is 0 Å². The molecule has 0 aliphatic heterocycles. The van der Waals surface area contributed by atoms with Crippen molar-refractivity contribution < 1.29 is 8.85 Å². The van der Waals surface area contributed by atoms with Gasteiger partial charge in [-0.05, 0) is 25.1 Å². The first kappa shape index (κ1) is 16.6. The topological polar surface area (TPSA) is 18.5 Å². The second-order valence-electron chi connectivity index (χ2n) is 6.05. The Hall–Kier alpha value is -0.426. The zero-order valence-corrected chi connectivity index (χ0v) is 15.0. The van der Waals surface area contributed by atoms with E-state index < -0.39 is 16.6 Å². The van der Waals surface area contributed by atoms with Crippen LogP contribution in [0.15, 0.2) is 30.3 Å². The molecule has 108 valence electrons. The summed E-state index contributed by atoms with van der Waals surface area (Å²) >= 11 is 0. The lowest BCUT2D eigenvalue weighted by Gasteiger charge is -2.32. The third-order valence-electron chi connectivity index (χ3n) is 3.17. The summed E-state index contributed by atoms with van der Waals surface area (Å²) in [6.07, 6.45) is 0. The molecular weight excluding hydrogens is 268 g/mol. The van der Waals surface area contributed by atoms with Gasteiger partial charge in [-0.2, -0.15) is 0 Å². The van der Waals surface area contributed by atoms with Crippen LogP contribution in [0.4, 0.5) is 0 Å². The van der Waals surface area contributed by atoms with Gasteiger partial charge in [0.1, 0.15) is 0 Å². The van der Waals surface area contributed by atoms with E-state index in [2.05, 4.69) is 63.8 Å². The highest BCUT2D eigenvalue weighted by Crippen LogP contribution is 2.22. The molecule has 1 aromatic rings. The average Bonchev–Trinajstić information content (AvgIpc) is 2.37. The fourth-order valence-electron chi connectivity index (χ4n) is 2.19. The smallest absolute Gasteiger partial charge is 0.372 e. The maximum absolute atomic E-state index is 6.19. The third kappa shape index (κ3) is 5.22. The Morgan fingerprint density at radius 1 is 0.842 bits per heavy atom. The number of benzene rings is 1. The van der Waals surface area contributed by atoms with Crippen molar-refractivity contribution in [2.75, 3.05) is 13.2 Å². The van der Waals surface area contributed by atoms with Crippen LogP contribution in [0.2, 0.25) is 31.7 Å². The van der Waals surface area contributed by atoms with E-state index in [1.54, 1.807) is 0 Å². The summed E-state index contributed by atoms with van der Waals surface area (Å²) in [7, 11) is -3.33. The Balaban J connectivity index is 3.00. The fourth-order valence-corrected chi connectivity index (χ4v) is 9.14.